The molecule has 1 atom stereocenters. The lowest BCUT2D eigenvalue weighted by atomic mass is 10.0. The summed E-state index contributed by atoms with van der Waals surface area (Å²) in [4.78, 5) is 35.4. The zero-order chi connectivity index (χ0) is 19.1. The summed E-state index contributed by atoms with van der Waals surface area (Å²) >= 11 is 11.3. The van der Waals surface area contributed by atoms with Crippen molar-refractivity contribution in [3.8, 4) is 0 Å². The van der Waals surface area contributed by atoms with Crippen molar-refractivity contribution in [2.45, 2.75) is 26.3 Å². The molecule has 6 nitrogen and oxygen atoms in total. The Hall–Kier alpha value is -1.86. The van der Waals surface area contributed by atoms with Crippen molar-refractivity contribution in [2.24, 2.45) is 5.92 Å². The molecule has 0 bridgehead atoms. The average molecular weight is 394 g/mol. The molecule has 25 heavy (non-hydrogen) atoms. The third-order valence-electron chi connectivity index (χ3n) is 3.09. The molecule has 1 N–H and O–H groups in total. The number of halogens is 3. The van der Waals surface area contributed by atoms with Gasteiger partial charge in [-0.15, -0.1) is 0 Å². The molecule has 1 aromatic carbocycles. The fourth-order valence-electron chi connectivity index (χ4n) is 1.95. The molecule has 0 unspecified atom stereocenters. The summed E-state index contributed by atoms with van der Waals surface area (Å²) in [6.45, 7) is 3.09. The molecule has 1 amide bonds. The number of hydrogen-bond acceptors (Lipinski definition) is 5. The molecule has 0 aliphatic heterocycles. The Kier molecular flexibility index (Phi) is 8.12. The number of ether oxygens (including phenoxy) is 2. The monoisotopic (exact) mass is 393 g/mol. The molecule has 1 rings (SSSR count). The fraction of sp³-hybridized carbons (Fsp3) is 0.438. The number of rotatable bonds is 7. The normalized spacial score (nSPS) is 11.8. The molecule has 0 aromatic heterocycles. The largest absolute Gasteiger partial charge is 0.467 e. The molecule has 0 heterocycles. The summed E-state index contributed by atoms with van der Waals surface area (Å²) in [6, 6.07) is 1.03. The highest BCUT2D eigenvalue weighted by Crippen LogP contribution is 2.24. The number of carbonyl (C=O) groups is 3. The third-order valence-corrected chi connectivity index (χ3v) is 3.69. The summed E-state index contributed by atoms with van der Waals surface area (Å²) in [5, 5.41) is 2.07. The predicted molar refractivity (Wildman–Crippen MR) is 90.1 cm³/mol. The number of esters is 2. The first-order valence-corrected chi connectivity index (χ1v) is 8.10. The molecule has 1 aromatic rings. The van der Waals surface area contributed by atoms with Crippen molar-refractivity contribution in [1.82, 2.24) is 5.32 Å². The maximum atomic E-state index is 13.4. The van der Waals surface area contributed by atoms with E-state index < -0.39 is 36.3 Å². The minimum atomic E-state index is -0.991. The second-order valence-corrected chi connectivity index (χ2v) is 6.41. The lowest BCUT2D eigenvalue weighted by Crippen LogP contribution is -2.44. The Morgan fingerprint density at radius 3 is 2.40 bits per heavy atom. The van der Waals surface area contributed by atoms with E-state index in [1.54, 1.807) is 0 Å². The lowest BCUT2D eigenvalue weighted by molar-refractivity contribution is -0.145. The molecule has 0 aliphatic rings. The summed E-state index contributed by atoms with van der Waals surface area (Å²) in [5.74, 6) is -3.01. The maximum Gasteiger partial charge on any atom is 0.340 e. The van der Waals surface area contributed by atoms with Crippen LogP contribution in [-0.4, -0.2) is 37.6 Å². The first-order valence-electron chi connectivity index (χ1n) is 7.34. The van der Waals surface area contributed by atoms with E-state index in [0.29, 0.717) is 6.42 Å². The summed E-state index contributed by atoms with van der Waals surface area (Å²) in [7, 11) is 1.21. The van der Waals surface area contributed by atoms with Crippen molar-refractivity contribution in [3.05, 3.63) is 33.6 Å². The Labute approximate surface area is 154 Å². The zero-order valence-corrected chi connectivity index (χ0v) is 15.4. The van der Waals surface area contributed by atoms with Crippen molar-refractivity contribution in [3.63, 3.8) is 0 Å². The Bertz CT molecular complexity index is 666. The van der Waals surface area contributed by atoms with Gasteiger partial charge in [0.05, 0.1) is 22.7 Å². The number of hydrogen-bond donors (Lipinski definition) is 1. The Morgan fingerprint density at radius 2 is 1.84 bits per heavy atom. The van der Waals surface area contributed by atoms with Crippen molar-refractivity contribution >= 4 is 41.0 Å². The molecule has 0 spiro atoms. The smallest absolute Gasteiger partial charge is 0.340 e. The highest BCUT2D eigenvalue weighted by atomic mass is 35.5. The van der Waals surface area contributed by atoms with Gasteiger partial charge >= 0.3 is 11.9 Å². The van der Waals surface area contributed by atoms with E-state index in [1.807, 2.05) is 13.8 Å². The molecular formula is C16H18Cl2FNO5. The van der Waals surface area contributed by atoms with Gasteiger partial charge in [0.1, 0.15) is 11.9 Å². The quantitative estimate of drug-likeness (QED) is 0.568. The SMILES string of the molecule is COC(=O)[C@@H](CC(C)C)NC(=O)COC(=O)c1cc(F)c(Cl)cc1Cl. The minimum absolute atomic E-state index is 0.107. The number of nitrogens with one attached hydrogen (secondary N) is 1. The van der Waals surface area contributed by atoms with Crippen LogP contribution in [0.5, 0.6) is 0 Å². The van der Waals surface area contributed by atoms with E-state index in [4.69, 9.17) is 27.9 Å². The highest BCUT2D eigenvalue weighted by Gasteiger charge is 2.23. The fourth-order valence-corrected chi connectivity index (χ4v) is 2.41. The van der Waals surface area contributed by atoms with Crippen LogP contribution in [0.25, 0.3) is 0 Å². The first kappa shape index (κ1) is 21.2. The van der Waals surface area contributed by atoms with Gasteiger partial charge < -0.3 is 14.8 Å². The Balaban J connectivity index is 2.67. The molecular weight excluding hydrogens is 376 g/mol. The van der Waals surface area contributed by atoms with Crippen LogP contribution in [0, 0.1) is 11.7 Å². The predicted octanol–water partition coefficient (Wildman–Crippen LogP) is 2.99. The summed E-state index contributed by atoms with van der Waals surface area (Å²) in [5.41, 5.74) is -0.261. The molecule has 0 fully saturated rings. The van der Waals surface area contributed by atoms with Gasteiger partial charge in [-0.1, -0.05) is 37.0 Å². The van der Waals surface area contributed by atoms with Crippen molar-refractivity contribution in [2.75, 3.05) is 13.7 Å². The lowest BCUT2D eigenvalue weighted by Gasteiger charge is -2.18. The molecule has 0 saturated heterocycles. The van der Waals surface area contributed by atoms with E-state index in [9.17, 15) is 18.8 Å². The van der Waals surface area contributed by atoms with Gasteiger partial charge in [0.25, 0.3) is 5.91 Å². The van der Waals surface area contributed by atoms with Crippen LogP contribution >= 0.6 is 23.2 Å². The van der Waals surface area contributed by atoms with Crippen LogP contribution in [0.2, 0.25) is 10.0 Å². The number of carbonyl (C=O) groups excluding carboxylic acids is 3. The van der Waals surface area contributed by atoms with Crippen LogP contribution < -0.4 is 5.32 Å². The second kappa shape index (κ2) is 9.58. The van der Waals surface area contributed by atoms with Gasteiger partial charge in [-0.3, -0.25) is 4.79 Å². The molecule has 0 radical (unpaired) electrons. The molecule has 9 heteroatoms. The minimum Gasteiger partial charge on any atom is -0.467 e. The molecule has 0 saturated carbocycles. The Morgan fingerprint density at radius 1 is 1.20 bits per heavy atom. The van der Waals surface area contributed by atoms with Gasteiger partial charge in [-0.25, -0.2) is 14.0 Å². The molecule has 0 aliphatic carbocycles. The van der Waals surface area contributed by atoms with Crippen molar-refractivity contribution in [1.29, 1.82) is 0 Å². The standard InChI is InChI=1S/C16H18Cl2FNO5/c1-8(2)4-13(16(23)24-3)20-14(21)7-25-15(22)9-5-12(19)11(18)6-10(9)17/h5-6,8,13H,4,7H2,1-3H3,(H,20,21)/t13-/m1/s1. The zero-order valence-electron chi connectivity index (χ0n) is 13.9. The number of benzene rings is 1. The third kappa shape index (κ3) is 6.51. The van der Waals surface area contributed by atoms with Crippen LogP contribution in [0.4, 0.5) is 4.39 Å². The van der Waals surface area contributed by atoms with Gasteiger partial charge in [-0.05, 0) is 24.5 Å². The summed E-state index contributed by atoms with van der Waals surface area (Å²) < 4.78 is 22.8. The van der Waals surface area contributed by atoms with E-state index >= 15 is 0 Å². The highest BCUT2D eigenvalue weighted by molar-refractivity contribution is 6.36. The van der Waals surface area contributed by atoms with E-state index in [0.717, 1.165) is 12.1 Å². The van der Waals surface area contributed by atoms with E-state index in [2.05, 4.69) is 10.1 Å². The van der Waals surface area contributed by atoms with Gasteiger partial charge in [0.2, 0.25) is 0 Å². The van der Waals surface area contributed by atoms with Gasteiger partial charge in [0.15, 0.2) is 6.61 Å². The van der Waals surface area contributed by atoms with Gasteiger partial charge in [0, 0.05) is 0 Å². The maximum absolute atomic E-state index is 13.4. The van der Waals surface area contributed by atoms with E-state index in [-0.39, 0.29) is 21.5 Å². The van der Waals surface area contributed by atoms with Crippen LogP contribution in [0.3, 0.4) is 0 Å². The van der Waals surface area contributed by atoms with Crippen LogP contribution in [0.15, 0.2) is 12.1 Å². The van der Waals surface area contributed by atoms with Crippen LogP contribution in [-0.2, 0) is 19.1 Å². The molecule has 138 valence electrons. The van der Waals surface area contributed by atoms with Crippen molar-refractivity contribution < 1.29 is 28.2 Å². The van der Waals surface area contributed by atoms with Gasteiger partial charge in [-0.2, -0.15) is 0 Å². The first-order chi connectivity index (χ1) is 11.6. The summed E-state index contributed by atoms with van der Waals surface area (Å²) in [6.07, 6.45) is 0.362. The van der Waals surface area contributed by atoms with Crippen LogP contribution in [0.1, 0.15) is 30.6 Å². The topological polar surface area (TPSA) is 81.7 Å². The number of methoxy groups -OCH3 is 1. The second-order valence-electron chi connectivity index (χ2n) is 5.60. The average Bonchev–Trinajstić information content (AvgIpc) is 2.54. The number of amides is 1. The van der Waals surface area contributed by atoms with E-state index in [1.165, 1.54) is 7.11 Å².